The Morgan fingerprint density at radius 3 is 2.19 bits per heavy atom. The molecule has 4 heteroatoms. The van der Waals surface area contributed by atoms with Crippen molar-refractivity contribution in [2.45, 2.75) is 33.1 Å². The molecule has 1 aromatic carbocycles. The number of halogens is 2. The van der Waals surface area contributed by atoms with Crippen molar-refractivity contribution >= 4 is 5.97 Å². The molecule has 0 aliphatic rings. The summed E-state index contributed by atoms with van der Waals surface area (Å²) in [4.78, 5) is 10.4. The highest BCUT2D eigenvalue weighted by Crippen LogP contribution is 2.35. The van der Waals surface area contributed by atoms with E-state index in [1.54, 1.807) is 19.9 Å². The van der Waals surface area contributed by atoms with Gasteiger partial charge in [0, 0.05) is 5.56 Å². The van der Waals surface area contributed by atoms with Crippen molar-refractivity contribution in [1.82, 2.24) is 0 Å². The van der Waals surface area contributed by atoms with Crippen molar-refractivity contribution in [3.63, 3.8) is 0 Å². The van der Waals surface area contributed by atoms with E-state index >= 15 is 0 Å². The first kappa shape index (κ1) is 12.6. The van der Waals surface area contributed by atoms with Crippen LogP contribution in [0.3, 0.4) is 0 Å². The standard InChI is InChI=1S/C12H14F2O2/c1-7-4-9(3)10(5-8(7)2)12(13,14)6-11(15)16/h4-5H,6H2,1-3H3,(H,15,16). The molecular weight excluding hydrogens is 214 g/mol. The van der Waals surface area contributed by atoms with Crippen LogP contribution in [0.15, 0.2) is 12.1 Å². The van der Waals surface area contributed by atoms with Crippen molar-refractivity contribution in [2.24, 2.45) is 0 Å². The molecule has 1 N–H and O–H groups in total. The quantitative estimate of drug-likeness (QED) is 0.862. The van der Waals surface area contributed by atoms with Crippen molar-refractivity contribution in [3.8, 4) is 0 Å². The number of hydrogen-bond donors (Lipinski definition) is 1. The first-order valence-electron chi connectivity index (χ1n) is 4.92. The number of alkyl halides is 2. The molecule has 0 radical (unpaired) electrons. The van der Waals surface area contributed by atoms with E-state index in [2.05, 4.69) is 0 Å². The minimum absolute atomic E-state index is 0.196. The van der Waals surface area contributed by atoms with Gasteiger partial charge in [-0.1, -0.05) is 6.07 Å². The molecule has 0 saturated carbocycles. The zero-order valence-electron chi connectivity index (χ0n) is 9.47. The van der Waals surface area contributed by atoms with Gasteiger partial charge in [0.25, 0.3) is 5.92 Å². The van der Waals surface area contributed by atoms with Crippen molar-refractivity contribution in [2.75, 3.05) is 0 Å². The Kier molecular flexibility index (Phi) is 3.31. The highest BCUT2D eigenvalue weighted by Gasteiger charge is 2.36. The van der Waals surface area contributed by atoms with Crippen LogP contribution in [0.5, 0.6) is 0 Å². The van der Waals surface area contributed by atoms with Crippen LogP contribution < -0.4 is 0 Å². The summed E-state index contributed by atoms with van der Waals surface area (Å²) in [6.45, 7) is 5.13. The van der Waals surface area contributed by atoms with E-state index in [0.29, 0.717) is 5.56 Å². The van der Waals surface area contributed by atoms with Gasteiger partial charge in [0.05, 0.1) is 0 Å². The molecule has 1 aromatic rings. The van der Waals surface area contributed by atoms with Gasteiger partial charge in [-0.15, -0.1) is 0 Å². The second-order valence-corrected chi connectivity index (χ2v) is 4.03. The number of aryl methyl sites for hydroxylation is 3. The Labute approximate surface area is 92.9 Å². The number of carbonyl (C=O) groups is 1. The van der Waals surface area contributed by atoms with Gasteiger partial charge in [-0.05, 0) is 43.5 Å². The number of carboxylic acids is 1. The van der Waals surface area contributed by atoms with Crippen LogP contribution in [0.1, 0.15) is 28.7 Å². The van der Waals surface area contributed by atoms with Gasteiger partial charge in [0.2, 0.25) is 0 Å². The Morgan fingerprint density at radius 2 is 1.69 bits per heavy atom. The van der Waals surface area contributed by atoms with E-state index in [-0.39, 0.29) is 5.56 Å². The Bertz CT molecular complexity index is 425. The summed E-state index contributed by atoms with van der Waals surface area (Å²) >= 11 is 0. The first-order valence-corrected chi connectivity index (χ1v) is 4.92. The number of carboxylic acid groups (broad SMARTS) is 1. The van der Waals surface area contributed by atoms with Crippen molar-refractivity contribution in [3.05, 3.63) is 34.4 Å². The molecule has 0 spiro atoms. The molecule has 0 atom stereocenters. The normalized spacial score (nSPS) is 11.6. The van der Waals surface area contributed by atoms with E-state index in [9.17, 15) is 13.6 Å². The van der Waals surface area contributed by atoms with Crippen molar-refractivity contribution in [1.29, 1.82) is 0 Å². The molecule has 2 nitrogen and oxygen atoms in total. The van der Waals surface area contributed by atoms with E-state index in [1.165, 1.54) is 6.07 Å². The second-order valence-electron chi connectivity index (χ2n) is 4.03. The lowest BCUT2D eigenvalue weighted by Gasteiger charge is -2.18. The lowest BCUT2D eigenvalue weighted by molar-refractivity contribution is -0.145. The molecule has 16 heavy (non-hydrogen) atoms. The minimum atomic E-state index is -3.31. The van der Waals surface area contributed by atoms with Gasteiger partial charge in [0.15, 0.2) is 0 Å². The third kappa shape index (κ3) is 2.56. The third-order valence-electron chi connectivity index (χ3n) is 2.61. The zero-order valence-corrected chi connectivity index (χ0v) is 9.47. The molecule has 1 rings (SSSR count). The van der Waals surface area contributed by atoms with Crippen LogP contribution in [0.4, 0.5) is 8.78 Å². The predicted molar refractivity (Wildman–Crippen MR) is 56.8 cm³/mol. The Morgan fingerprint density at radius 1 is 1.19 bits per heavy atom. The Balaban J connectivity index is 3.22. The van der Waals surface area contributed by atoms with Gasteiger partial charge in [-0.2, -0.15) is 0 Å². The smallest absolute Gasteiger partial charge is 0.309 e. The topological polar surface area (TPSA) is 37.3 Å². The molecular formula is C12H14F2O2. The molecule has 0 saturated heterocycles. The summed E-state index contributed by atoms with van der Waals surface area (Å²) < 4.78 is 27.2. The van der Waals surface area contributed by atoms with Gasteiger partial charge in [-0.25, -0.2) is 8.78 Å². The average Bonchev–Trinajstić information content (AvgIpc) is 2.08. The van der Waals surface area contributed by atoms with E-state index in [1.807, 2.05) is 6.92 Å². The van der Waals surface area contributed by atoms with Crippen LogP contribution in [-0.2, 0) is 10.7 Å². The molecule has 0 bridgehead atoms. The highest BCUT2D eigenvalue weighted by molar-refractivity contribution is 5.68. The molecule has 0 aliphatic carbocycles. The van der Waals surface area contributed by atoms with E-state index in [0.717, 1.165) is 11.1 Å². The van der Waals surface area contributed by atoms with Gasteiger partial charge >= 0.3 is 5.97 Å². The van der Waals surface area contributed by atoms with Crippen LogP contribution >= 0.6 is 0 Å². The maximum absolute atomic E-state index is 13.6. The number of rotatable bonds is 3. The van der Waals surface area contributed by atoms with Crippen molar-refractivity contribution < 1.29 is 18.7 Å². The first-order chi connectivity index (χ1) is 7.24. The van der Waals surface area contributed by atoms with E-state index < -0.39 is 18.3 Å². The summed E-state index contributed by atoms with van der Waals surface area (Å²) in [5.41, 5.74) is 1.89. The highest BCUT2D eigenvalue weighted by atomic mass is 19.3. The van der Waals surface area contributed by atoms with Gasteiger partial charge < -0.3 is 5.11 Å². The molecule has 0 aromatic heterocycles. The largest absolute Gasteiger partial charge is 0.481 e. The predicted octanol–water partition coefficient (Wildman–Crippen LogP) is 3.18. The van der Waals surface area contributed by atoms with Gasteiger partial charge in [0.1, 0.15) is 6.42 Å². The molecule has 0 unspecified atom stereocenters. The summed E-state index contributed by atoms with van der Waals surface area (Å²) in [6.07, 6.45) is -1.17. The molecule has 0 aliphatic heterocycles. The molecule has 88 valence electrons. The third-order valence-corrected chi connectivity index (χ3v) is 2.61. The summed E-state index contributed by atoms with van der Waals surface area (Å²) in [7, 11) is 0. The SMILES string of the molecule is Cc1cc(C)c(C(F)(F)CC(=O)O)cc1C. The lowest BCUT2D eigenvalue weighted by atomic mass is 9.95. The number of aliphatic carboxylic acids is 1. The fraction of sp³-hybridized carbons (Fsp3) is 0.417. The maximum Gasteiger partial charge on any atom is 0.309 e. The molecule has 0 amide bonds. The van der Waals surface area contributed by atoms with Crippen LogP contribution in [0, 0.1) is 20.8 Å². The Hall–Kier alpha value is -1.45. The zero-order chi connectivity index (χ0) is 12.5. The van der Waals surface area contributed by atoms with Crippen LogP contribution in [0.2, 0.25) is 0 Å². The summed E-state index contributed by atoms with van der Waals surface area (Å²) in [5, 5.41) is 8.45. The average molecular weight is 228 g/mol. The molecule has 0 heterocycles. The minimum Gasteiger partial charge on any atom is -0.481 e. The number of hydrogen-bond acceptors (Lipinski definition) is 1. The lowest BCUT2D eigenvalue weighted by Crippen LogP contribution is -2.20. The maximum atomic E-state index is 13.6. The summed E-state index contributed by atoms with van der Waals surface area (Å²) in [6, 6.07) is 3.02. The number of benzene rings is 1. The van der Waals surface area contributed by atoms with Crippen LogP contribution in [0.25, 0.3) is 0 Å². The fourth-order valence-corrected chi connectivity index (χ4v) is 1.64. The molecule has 0 fully saturated rings. The van der Waals surface area contributed by atoms with E-state index in [4.69, 9.17) is 5.11 Å². The fourth-order valence-electron chi connectivity index (χ4n) is 1.64. The van der Waals surface area contributed by atoms with Gasteiger partial charge in [-0.3, -0.25) is 4.79 Å². The summed E-state index contributed by atoms with van der Waals surface area (Å²) in [5.74, 6) is -4.81. The second kappa shape index (κ2) is 4.20. The monoisotopic (exact) mass is 228 g/mol. The van der Waals surface area contributed by atoms with Crippen LogP contribution in [-0.4, -0.2) is 11.1 Å².